The second kappa shape index (κ2) is 12.0. The first kappa shape index (κ1) is 25.6. The minimum atomic E-state index is -0.967. The van der Waals surface area contributed by atoms with Crippen molar-refractivity contribution in [2.24, 2.45) is 0 Å². The smallest absolute Gasteiger partial charge is 0.260 e. The monoisotopic (exact) mass is 520 g/mol. The Hall–Kier alpha value is -2.48. The SMILES string of the molecule is O=C(C[C@@]1(COc2cccc(Cl)c2)CN(C(=O)COc2ccc(Cl)cc2)CCO1)N1CCCCC1. The molecule has 4 rings (SSSR count). The number of benzene rings is 2. The largest absolute Gasteiger partial charge is 0.490 e. The van der Waals surface area contributed by atoms with Crippen LogP contribution in [0.1, 0.15) is 25.7 Å². The van der Waals surface area contributed by atoms with Crippen molar-refractivity contribution in [2.45, 2.75) is 31.3 Å². The number of halogens is 2. The molecule has 2 saturated heterocycles. The first-order valence-corrected chi connectivity index (χ1v) is 12.6. The molecule has 2 aromatic rings. The van der Waals surface area contributed by atoms with Gasteiger partial charge in [-0.2, -0.15) is 0 Å². The molecular formula is C26H30Cl2N2O5. The van der Waals surface area contributed by atoms with E-state index in [9.17, 15) is 9.59 Å². The Morgan fingerprint density at radius 2 is 1.63 bits per heavy atom. The van der Waals surface area contributed by atoms with Gasteiger partial charge in [0, 0.05) is 29.7 Å². The fourth-order valence-electron chi connectivity index (χ4n) is 4.37. The lowest BCUT2D eigenvalue weighted by Crippen LogP contribution is -2.59. The Morgan fingerprint density at radius 3 is 2.37 bits per heavy atom. The summed E-state index contributed by atoms with van der Waals surface area (Å²) in [5.41, 5.74) is -0.967. The molecule has 0 saturated carbocycles. The highest BCUT2D eigenvalue weighted by Gasteiger charge is 2.42. The van der Waals surface area contributed by atoms with Gasteiger partial charge in [-0.05, 0) is 61.7 Å². The summed E-state index contributed by atoms with van der Waals surface area (Å²) in [5.74, 6) is 0.985. The standard InChI is InChI=1S/C26H30Cl2N2O5/c27-20-7-9-22(10-8-20)33-17-25(32)30-13-14-35-26(18-30,16-24(31)29-11-2-1-3-12-29)19-34-23-6-4-5-21(28)15-23/h4-10,15H,1-3,11-14,16-19H2/t26-/m0/s1. The second-order valence-electron chi connectivity index (χ2n) is 8.95. The maximum Gasteiger partial charge on any atom is 0.260 e. The summed E-state index contributed by atoms with van der Waals surface area (Å²) < 4.78 is 17.9. The van der Waals surface area contributed by atoms with Gasteiger partial charge >= 0.3 is 0 Å². The molecule has 0 bridgehead atoms. The van der Waals surface area contributed by atoms with E-state index in [1.54, 1.807) is 53.4 Å². The van der Waals surface area contributed by atoms with Gasteiger partial charge in [-0.25, -0.2) is 0 Å². The Morgan fingerprint density at radius 1 is 0.857 bits per heavy atom. The molecule has 35 heavy (non-hydrogen) atoms. The first-order chi connectivity index (χ1) is 16.9. The number of hydrogen-bond donors (Lipinski definition) is 0. The van der Waals surface area contributed by atoms with Crippen LogP contribution in [0, 0.1) is 0 Å². The third-order valence-corrected chi connectivity index (χ3v) is 6.74. The molecule has 0 unspecified atom stereocenters. The fourth-order valence-corrected chi connectivity index (χ4v) is 4.68. The zero-order chi connectivity index (χ0) is 24.7. The number of likely N-dealkylation sites (tertiary alicyclic amines) is 1. The van der Waals surface area contributed by atoms with E-state index in [0.29, 0.717) is 34.7 Å². The molecule has 1 atom stereocenters. The van der Waals surface area contributed by atoms with Gasteiger partial charge in [0.05, 0.1) is 19.6 Å². The maximum absolute atomic E-state index is 13.2. The zero-order valence-corrected chi connectivity index (χ0v) is 21.1. The van der Waals surface area contributed by atoms with Gasteiger partial charge in [0.25, 0.3) is 5.91 Å². The minimum Gasteiger partial charge on any atom is -0.490 e. The van der Waals surface area contributed by atoms with Gasteiger partial charge in [-0.3, -0.25) is 9.59 Å². The van der Waals surface area contributed by atoms with Gasteiger partial charge < -0.3 is 24.0 Å². The van der Waals surface area contributed by atoms with Crippen molar-refractivity contribution in [3.63, 3.8) is 0 Å². The highest BCUT2D eigenvalue weighted by atomic mass is 35.5. The summed E-state index contributed by atoms with van der Waals surface area (Å²) in [4.78, 5) is 29.8. The van der Waals surface area contributed by atoms with E-state index in [0.717, 1.165) is 32.4 Å². The van der Waals surface area contributed by atoms with Crippen LogP contribution in [0.25, 0.3) is 0 Å². The number of rotatable bonds is 8. The highest BCUT2D eigenvalue weighted by Crippen LogP contribution is 2.27. The lowest BCUT2D eigenvalue weighted by Gasteiger charge is -2.43. The average molecular weight is 521 g/mol. The Bertz CT molecular complexity index is 1010. The number of morpholine rings is 1. The molecule has 0 aliphatic carbocycles. The van der Waals surface area contributed by atoms with E-state index < -0.39 is 5.60 Å². The van der Waals surface area contributed by atoms with Crippen LogP contribution in [0.15, 0.2) is 48.5 Å². The van der Waals surface area contributed by atoms with Crippen LogP contribution in [0.5, 0.6) is 11.5 Å². The number of carbonyl (C=O) groups is 2. The van der Waals surface area contributed by atoms with E-state index in [2.05, 4.69) is 0 Å². The van der Waals surface area contributed by atoms with Gasteiger partial charge in [0.15, 0.2) is 6.61 Å². The number of ether oxygens (including phenoxy) is 3. The van der Waals surface area contributed by atoms with Crippen LogP contribution in [0.2, 0.25) is 10.0 Å². The van der Waals surface area contributed by atoms with Crippen LogP contribution in [-0.2, 0) is 14.3 Å². The van der Waals surface area contributed by atoms with Crippen LogP contribution < -0.4 is 9.47 Å². The van der Waals surface area contributed by atoms with Crippen LogP contribution >= 0.6 is 23.2 Å². The van der Waals surface area contributed by atoms with Crippen molar-refractivity contribution < 1.29 is 23.8 Å². The zero-order valence-electron chi connectivity index (χ0n) is 19.6. The van der Waals surface area contributed by atoms with Crippen LogP contribution in [-0.4, -0.2) is 73.2 Å². The second-order valence-corrected chi connectivity index (χ2v) is 9.83. The third-order valence-electron chi connectivity index (χ3n) is 6.26. The van der Waals surface area contributed by atoms with E-state index >= 15 is 0 Å². The van der Waals surface area contributed by atoms with Crippen LogP contribution in [0.4, 0.5) is 0 Å². The van der Waals surface area contributed by atoms with Crippen LogP contribution in [0.3, 0.4) is 0 Å². The van der Waals surface area contributed by atoms with Crippen molar-refractivity contribution in [3.05, 3.63) is 58.6 Å². The quantitative estimate of drug-likeness (QED) is 0.514. The summed E-state index contributed by atoms with van der Waals surface area (Å²) in [6.45, 7) is 2.46. The van der Waals surface area contributed by atoms with Crippen molar-refractivity contribution in [1.82, 2.24) is 9.80 Å². The lowest BCUT2D eigenvalue weighted by atomic mass is 9.96. The number of piperidine rings is 1. The summed E-state index contributed by atoms with van der Waals surface area (Å²) in [6.07, 6.45) is 3.28. The average Bonchev–Trinajstić information content (AvgIpc) is 2.88. The molecule has 2 fully saturated rings. The number of hydrogen-bond acceptors (Lipinski definition) is 5. The highest BCUT2D eigenvalue weighted by molar-refractivity contribution is 6.30. The normalized spacial score (nSPS) is 20.4. The summed E-state index contributed by atoms with van der Waals surface area (Å²) in [5, 5.41) is 1.15. The van der Waals surface area contributed by atoms with Gasteiger partial charge in [-0.15, -0.1) is 0 Å². The molecule has 188 valence electrons. The molecule has 0 N–H and O–H groups in total. The number of nitrogens with zero attached hydrogens (tertiary/aromatic N) is 2. The predicted octanol–water partition coefficient (Wildman–Crippen LogP) is 4.45. The molecule has 2 aliphatic heterocycles. The number of amides is 2. The molecule has 0 radical (unpaired) electrons. The molecule has 9 heteroatoms. The molecule has 2 aliphatic rings. The van der Waals surface area contributed by atoms with Gasteiger partial charge in [0.1, 0.15) is 23.7 Å². The fraction of sp³-hybridized carbons (Fsp3) is 0.462. The Labute approximate surface area is 215 Å². The maximum atomic E-state index is 13.2. The molecule has 2 amide bonds. The molecule has 7 nitrogen and oxygen atoms in total. The first-order valence-electron chi connectivity index (χ1n) is 11.9. The van der Waals surface area contributed by atoms with Gasteiger partial charge in [-0.1, -0.05) is 29.3 Å². The lowest BCUT2D eigenvalue weighted by molar-refractivity contribution is -0.167. The number of carbonyl (C=O) groups excluding carboxylic acids is 2. The Kier molecular flexibility index (Phi) is 8.76. The minimum absolute atomic E-state index is 0.0195. The van der Waals surface area contributed by atoms with Crippen molar-refractivity contribution in [2.75, 3.05) is 46.0 Å². The summed E-state index contributed by atoms with van der Waals surface area (Å²) in [7, 11) is 0. The van der Waals surface area contributed by atoms with Crippen molar-refractivity contribution >= 4 is 35.0 Å². The molecule has 0 spiro atoms. The van der Waals surface area contributed by atoms with E-state index in [1.807, 2.05) is 4.90 Å². The van der Waals surface area contributed by atoms with E-state index in [-0.39, 0.29) is 38.0 Å². The summed E-state index contributed by atoms with van der Waals surface area (Å²) in [6, 6.07) is 13.9. The third kappa shape index (κ3) is 7.26. The van der Waals surface area contributed by atoms with Crippen molar-refractivity contribution in [1.29, 1.82) is 0 Å². The van der Waals surface area contributed by atoms with Gasteiger partial charge in [0.2, 0.25) is 5.91 Å². The molecule has 0 aromatic heterocycles. The van der Waals surface area contributed by atoms with E-state index in [4.69, 9.17) is 37.4 Å². The molecule has 2 aromatic carbocycles. The Balaban J connectivity index is 1.44. The van der Waals surface area contributed by atoms with Crippen molar-refractivity contribution in [3.8, 4) is 11.5 Å². The van der Waals surface area contributed by atoms with E-state index in [1.165, 1.54) is 0 Å². The molecular weight excluding hydrogens is 491 g/mol. The molecule has 2 heterocycles. The summed E-state index contributed by atoms with van der Waals surface area (Å²) >= 11 is 12.0. The predicted molar refractivity (Wildman–Crippen MR) is 134 cm³/mol. The topological polar surface area (TPSA) is 68.3 Å².